The van der Waals surface area contributed by atoms with E-state index >= 15 is 0 Å². The van der Waals surface area contributed by atoms with Gasteiger partial charge < -0.3 is 66.9 Å². The molecule has 0 spiro atoms. The molecule has 15 nitrogen and oxygen atoms in total. The van der Waals surface area contributed by atoms with Crippen molar-refractivity contribution in [3.8, 4) is 11.1 Å². The van der Waals surface area contributed by atoms with Gasteiger partial charge in [0.25, 0.3) is 0 Å². The van der Waals surface area contributed by atoms with Crippen LogP contribution in [0.4, 0.5) is 4.79 Å². The molecule has 330 valence electrons. The largest absolute Gasteiger partial charge is 0.449 e. The predicted molar refractivity (Wildman–Crippen MR) is 218 cm³/mol. The molecule has 0 aliphatic heterocycles. The second-order valence-electron chi connectivity index (χ2n) is 13.0. The lowest BCUT2D eigenvalue weighted by atomic mass is 9.98. The van der Waals surface area contributed by atoms with Crippen molar-refractivity contribution in [2.45, 2.75) is 25.7 Å². The molecule has 0 saturated carbocycles. The third kappa shape index (κ3) is 24.3. The Hall–Kier alpha value is -2.77. The molecule has 0 fully saturated rings. The van der Waals surface area contributed by atoms with Crippen LogP contribution < -0.4 is 5.32 Å². The summed E-state index contributed by atoms with van der Waals surface area (Å²) >= 11 is 0. The highest BCUT2D eigenvalue weighted by atomic mass is 16.6. The molecule has 1 amide bonds. The van der Waals surface area contributed by atoms with Crippen molar-refractivity contribution in [2.75, 3.05) is 172 Å². The molecular formula is C43H69NO14. The summed E-state index contributed by atoms with van der Waals surface area (Å²) in [6.45, 7) is 15.1. The standard InChI is InChI=1S/C43H69NO14/c1-2-3-13-46-15-17-48-19-21-50-23-25-52-27-29-54-31-33-56-35-36-57-34-32-55-30-28-53-26-24-51-22-20-49-18-16-47-14-12-44-43(45)58-37-42-40-10-6-4-8-38(40)39-9-5-7-11-41(39)42/h4-11,42H,2-3,12-37H2,1H3,(H,44,45). The summed E-state index contributed by atoms with van der Waals surface area (Å²) in [5.41, 5.74) is 4.77. The Balaban J connectivity index is 0.927. The van der Waals surface area contributed by atoms with Crippen molar-refractivity contribution in [1.82, 2.24) is 5.32 Å². The Morgan fingerprint density at radius 1 is 0.431 bits per heavy atom. The number of amides is 1. The van der Waals surface area contributed by atoms with Crippen molar-refractivity contribution in [3.05, 3.63) is 59.7 Å². The first kappa shape index (κ1) is 49.6. The highest BCUT2D eigenvalue weighted by Crippen LogP contribution is 2.44. The highest BCUT2D eigenvalue weighted by molar-refractivity contribution is 5.79. The molecule has 0 atom stereocenters. The first-order valence-corrected chi connectivity index (χ1v) is 20.8. The van der Waals surface area contributed by atoms with E-state index in [1.807, 2.05) is 24.3 Å². The highest BCUT2D eigenvalue weighted by Gasteiger charge is 2.28. The lowest BCUT2D eigenvalue weighted by Crippen LogP contribution is -2.29. The summed E-state index contributed by atoms with van der Waals surface area (Å²) in [4.78, 5) is 12.3. The Bertz CT molecular complexity index is 1210. The Morgan fingerprint density at radius 3 is 1.05 bits per heavy atom. The maximum Gasteiger partial charge on any atom is 0.407 e. The number of nitrogens with one attached hydrogen (secondary N) is 1. The van der Waals surface area contributed by atoms with Gasteiger partial charge in [-0.1, -0.05) is 61.9 Å². The summed E-state index contributed by atoms with van der Waals surface area (Å²) in [6.07, 6.45) is 1.78. The average molecular weight is 824 g/mol. The van der Waals surface area contributed by atoms with Crippen molar-refractivity contribution in [3.63, 3.8) is 0 Å². The van der Waals surface area contributed by atoms with Crippen molar-refractivity contribution < 1.29 is 66.4 Å². The fourth-order valence-corrected chi connectivity index (χ4v) is 5.64. The molecule has 15 heteroatoms. The van der Waals surface area contributed by atoms with E-state index in [9.17, 15) is 4.79 Å². The molecule has 2 aromatic rings. The number of carbonyl (C=O) groups is 1. The van der Waals surface area contributed by atoms with Gasteiger partial charge in [-0.3, -0.25) is 0 Å². The number of ether oxygens (including phenoxy) is 13. The summed E-state index contributed by atoms with van der Waals surface area (Å²) in [6, 6.07) is 16.5. The third-order valence-corrected chi connectivity index (χ3v) is 8.59. The van der Waals surface area contributed by atoms with E-state index in [1.54, 1.807) is 0 Å². The zero-order chi connectivity index (χ0) is 40.8. The second-order valence-corrected chi connectivity index (χ2v) is 13.0. The molecular weight excluding hydrogens is 754 g/mol. The van der Waals surface area contributed by atoms with Crippen LogP contribution in [0.1, 0.15) is 36.8 Å². The predicted octanol–water partition coefficient (Wildman–Crippen LogP) is 4.52. The number of fused-ring (bicyclic) bond motifs is 3. The van der Waals surface area contributed by atoms with E-state index in [-0.39, 0.29) is 12.5 Å². The number of hydrogen-bond donors (Lipinski definition) is 1. The van der Waals surface area contributed by atoms with Crippen molar-refractivity contribution in [1.29, 1.82) is 0 Å². The lowest BCUT2D eigenvalue weighted by molar-refractivity contribution is -0.0283. The molecule has 0 unspecified atom stereocenters. The Labute approximate surface area is 345 Å². The van der Waals surface area contributed by atoms with Crippen LogP contribution in [0, 0.1) is 0 Å². The molecule has 0 bridgehead atoms. The van der Waals surface area contributed by atoms with Gasteiger partial charge in [0.15, 0.2) is 0 Å². The van der Waals surface area contributed by atoms with Crippen LogP contribution in [0.15, 0.2) is 48.5 Å². The minimum Gasteiger partial charge on any atom is -0.449 e. The first-order chi connectivity index (χ1) is 28.8. The quantitative estimate of drug-likeness (QED) is 0.0937. The number of hydrogen-bond acceptors (Lipinski definition) is 14. The van der Waals surface area contributed by atoms with Crippen molar-refractivity contribution >= 4 is 6.09 Å². The Morgan fingerprint density at radius 2 is 0.724 bits per heavy atom. The minimum absolute atomic E-state index is 0.0359. The molecule has 2 aromatic carbocycles. The minimum atomic E-state index is -0.453. The zero-order valence-corrected chi connectivity index (χ0v) is 34.7. The fourth-order valence-electron chi connectivity index (χ4n) is 5.64. The van der Waals surface area contributed by atoms with Gasteiger partial charge in [0.05, 0.1) is 152 Å². The maximum atomic E-state index is 12.3. The molecule has 0 heterocycles. The number of carbonyl (C=O) groups excluding carboxylic acids is 1. The molecule has 58 heavy (non-hydrogen) atoms. The second kappa shape index (κ2) is 36.1. The van der Waals surface area contributed by atoms with E-state index in [0.29, 0.717) is 159 Å². The van der Waals surface area contributed by atoms with Crippen LogP contribution in [0.2, 0.25) is 0 Å². The van der Waals surface area contributed by atoms with Crippen LogP contribution in [0.3, 0.4) is 0 Å². The van der Waals surface area contributed by atoms with E-state index < -0.39 is 6.09 Å². The van der Waals surface area contributed by atoms with Crippen LogP contribution in [0.5, 0.6) is 0 Å². The van der Waals surface area contributed by atoms with Gasteiger partial charge in [0.2, 0.25) is 0 Å². The molecule has 1 aliphatic carbocycles. The molecule has 0 radical (unpaired) electrons. The van der Waals surface area contributed by atoms with Crippen LogP contribution >= 0.6 is 0 Å². The summed E-state index contributed by atoms with van der Waals surface area (Å²) in [7, 11) is 0. The summed E-state index contributed by atoms with van der Waals surface area (Å²) in [5.74, 6) is 0.0359. The van der Waals surface area contributed by atoms with Crippen molar-refractivity contribution in [2.24, 2.45) is 0 Å². The lowest BCUT2D eigenvalue weighted by Gasteiger charge is -2.14. The van der Waals surface area contributed by atoms with Crippen LogP contribution in [0.25, 0.3) is 11.1 Å². The number of unbranched alkanes of at least 4 members (excludes halogenated alkanes) is 1. The average Bonchev–Trinajstić information content (AvgIpc) is 3.57. The molecule has 3 rings (SSSR count). The normalized spacial score (nSPS) is 12.2. The molecule has 0 saturated heterocycles. The van der Waals surface area contributed by atoms with Gasteiger partial charge in [-0.15, -0.1) is 0 Å². The summed E-state index contributed by atoms with van der Waals surface area (Å²) in [5, 5.41) is 2.75. The smallest absolute Gasteiger partial charge is 0.407 e. The van der Waals surface area contributed by atoms with Gasteiger partial charge in [-0.25, -0.2) is 4.79 Å². The van der Waals surface area contributed by atoms with Gasteiger partial charge in [-0.05, 0) is 28.7 Å². The first-order valence-electron chi connectivity index (χ1n) is 20.8. The maximum absolute atomic E-state index is 12.3. The van der Waals surface area contributed by atoms with Gasteiger partial charge in [-0.2, -0.15) is 0 Å². The zero-order valence-electron chi connectivity index (χ0n) is 34.7. The van der Waals surface area contributed by atoms with E-state index in [1.165, 1.54) is 22.3 Å². The SMILES string of the molecule is CCCCOCCOCCOCCOCCOCCOCCOCCOCCOCCOCCOCCOCCNC(=O)OCC1c2ccccc2-c2ccccc21. The fraction of sp³-hybridized carbons (Fsp3) is 0.698. The number of benzene rings is 2. The van der Waals surface area contributed by atoms with Crippen LogP contribution in [-0.2, 0) is 61.6 Å². The molecule has 1 aliphatic rings. The van der Waals surface area contributed by atoms with Gasteiger partial charge in [0.1, 0.15) is 6.61 Å². The van der Waals surface area contributed by atoms with Gasteiger partial charge >= 0.3 is 6.09 Å². The topological polar surface area (TPSA) is 149 Å². The summed E-state index contributed by atoms with van der Waals surface area (Å²) < 4.78 is 71.5. The third-order valence-electron chi connectivity index (χ3n) is 8.59. The molecule has 1 N–H and O–H groups in total. The van der Waals surface area contributed by atoms with Gasteiger partial charge in [0, 0.05) is 19.1 Å². The Kier molecular flexibility index (Phi) is 30.9. The van der Waals surface area contributed by atoms with E-state index in [2.05, 4.69) is 36.5 Å². The monoisotopic (exact) mass is 823 g/mol. The van der Waals surface area contributed by atoms with E-state index in [0.717, 1.165) is 19.4 Å². The van der Waals surface area contributed by atoms with E-state index in [4.69, 9.17) is 61.6 Å². The van der Waals surface area contributed by atoms with Crippen LogP contribution in [-0.4, -0.2) is 178 Å². The number of alkyl carbamates (subject to hydrolysis) is 1. The number of rotatable bonds is 41. The molecule has 0 aromatic heterocycles.